The second-order valence-corrected chi connectivity index (χ2v) is 8.46. The lowest BCUT2D eigenvalue weighted by molar-refractivity contribution is -0.122. The van der Waals surface area contributed by atoms with E-state index in [1.807, 2.05) is 24.3 Å². The van der Waals surface area contributed by atoms with Crippen LogP contribution < -0.4 is 0 Å². The highest BCUT2D eigenvalue weighted by Gasteiger charge is 2.31. The van der Waals surface area contributed by atoms with Gasteiger partial charge in [0.15, 0.2) is 0 Å². The van der Waals surface area contributed by atoms with Crippen molar-refractivity contribution in [3.63, 3.8) is 0 Å². The molecule has 2 nitrogen and oxygen atoms in total. The number of carbonyl (C=O) groups excluding carboxylic acids is 1. The Kier molecular flexibility index (Phi) is 5.87. The Labute approximate surface area is 156 Å². The van der Waals surface area contributed by atoms with Crippen molar-refractivity contribution in [2.75, 3.05) is 6.54 Å². The lowest BCUT2D eigenvalue weighted by Gasteiger charge is -2.14. The third-order valence-electron chi connectivity index (χ3n) is 3.87. The summed E-state index contributed by atoms with van der Waals surface area (Å²) in [4.78, 5) is 17.5. The van der Waals surface area contributed by atoms with Crippen molar-refractivity contribution in [2.45, 2.75) is 26.2 Å². The number of thioether (sulfide) groups is 1. The van der Waals surface area contributed by atoms with Crippen molar-refractivity contribution in [1.29, 1.82) is 0 Å². The molecule has 1 aliphatic rings. The second kappa shape index (κ2) is 8.10. The predicted octanol–water partition coefficient (Wildman–Crippen LogP) is 5.14. The van der Waals surface area contributed by atoms with Crippen LogP contribution in [0.4, 0.5) is 0 Å². The molecule has 0 aliphatic carbocycles. The molecule has 0 radical (unpaired) electrons. The van der Waals surface area contributed by atoms with E-state index in [1.165, 1.54) is 22.2 Å². The standard InChI is InChI=1S/C19H19NOS3/c1-2-15-10-11-16(23-15)13-17-18(21)20(19(22)24-17)12-6-9-14-7-4-3-5-8-14/h3-5,7-8,10-11,13H,2,6,9,12H2,1H3. The molecule has 2 heterocycles. The zero-order valence-corrected chi connectivity index (χ0v) is 16.0. The molecular formula is C19H19NOS3. The molecule has 1 aromatic heterocycles. The fourth-order valence-corrected chi connectivity index (χ4v) is 4.84. The van der Waals surface area contributed by atoms with E-state index in [9.17, 15) is 4.79 Å². The molecule has 0 unspecified atom stereocenters. The lowest BCUT2D eigenvalue weighted by Crippen LogP contribution is -2.29. The summed E-state index contributed by atoms with van der Waals surface area (Å²) in [6.07, 6.45) is 4.88. The number of thiocarbonyl (C=S) groups is 1. The van der Waals surface area contributed by atoms with Crippen LogP contribution in [0.3, 0.4) is 0 Å². The van der Waals surface area contributed by atoms with E-state index in [0.29, 0.717) is 10.9 Å². The molecular weight excluding hydrogens is 354 g/mol. The van der Waals surface area contributed by atoms with Crippen LogP contribution >= 0.6 is 35.3 Å². The quantitative estimate of drug-likeness (QED) is 0.516. The van der Waals surface area contributed by atoms with Crippen molar-refractivity contribution in [1.82, 2.24) is 4.90 Å². The van der Waals surface area contributed by atoms with Gasteiger partial charge in [-0.15, -0.1) is 11.3 Å². The predicted molar refractivity (Wildman–Crippen MR) is 108 cm³/mol. The van der Waals surface area contributed by atoms with E-state index in [2.05, 4.69) is 31.2 Å². The zero-order chi connectivity index (χ0) is 16.9. The molecule has 24 heavy (non-hydrogen) atoms. The monoisotopic (exact) mass is 373 g/mol. The Morgan fingerprint density at radius 3 is 2.67 bits per heavy atom. The maximum atomic E-state index is 12.6. The minimum atomic E-state index is 0.0458. The SMILES string of the molecule is CCc1ccc(C=C2SC(=S)N(CCCc3ccccc3)C2=O)s1. The van der Waals surface area contributed by atoms with Crippen LogP contribution in [0.5, 0.6) is 0 Å². The highest BCUT2D eigenvalue weighted by molar-refractivity contribution is 8.26. The van der Waals surface area contributed by atoms with Crippen LogP contribution in [-0.2, 0) is 17.6 Å². The molecule has 1 aromatic carbocycles. The summed E-state index contributed by atoms with van der Waals surface area (Å²) < 4.78 is 0.673. The summed E-state index contributed by atoms with van der Waals surface area (Å²) in [5.41, 5.74) is 1.30. The van der Waals surface area contributed by atoms with Crippen molar-refractivity contribution in [2.24, 2.45) is 0 Å². The Hall–Kier alpha value is -1.43. The van der Waals surface area contributed by atoms with Gasteiger partial charge in [-0.3, -0.25) is 9.69 Å². The third kappa shape index (κ3) is 4.15. The van der Waals surface area contributed by atoms with Crippen LogP contribution in [0.25, 0.3) is 6.08 Å². The first-order valence-electron chi connectivity index (χ1n) is 8.05. The lowest BCUT2D eigenvalue weighted by atomic mass is 10.1. The number of nitrogens with zero attached hydrogens (tertiary/aromatic N) is 1. The number of amides is 1. The van der Waals surface area contributed by atoms with Gasteiger partial charge in [-0.05, 0) is 43.0 Å². The number of hydrogen-bond donors (Lipinski definition) is 0. The third-order valence-corrected chi connectivity index (χ3v) is 6.42. The molecule has 0 saturated carbocycles. The summed E-state index contributed by atoms with van der Waals surface area (Å²) in [7, 11) is 0. The molecule has 0 N–H and O–H groups in total. The molecule has 0 bridgehead atoms. The van der Waals surface area contributed by atoms with Crippen LogP contribution in [0, 0.1) is 0 Å². The number of benzene rings is 1. The highest BCUT2D eigenvalue weighted by Crippen LogP contribution is 2.34. The van der Waals surface area contributed by atoms with Crippen LogP contribution in [0.1, 0.15) is 28.7 Å². The minimum absolute atomic E-state index is 0.0458. The van der Waals surface area contributed by atoms with E-state index in [-0.39, 0.29) is 5.91 Å². The molecule has 3 rings (SSSR count). The van der Waals surface area contributed by atoms with Crippen molar-refractivity contribution in [3.05, 3.63) is 62.7 Å². The molecule has 1 saturated heterocycles. The van der Waals surface area contributed by atoms with E-state index < -0.39 is 0 Å². The summed E-state index contributed by atoms with van der Waals surface area (Å²) in [5, 5.41) is 0. The Bertz CT molecular complexity index is 764. The first-order chi connectivity index (χ1) is 11.7. The van der Waals surface area contributed by atoms with Gasteiger partial charge in [-0.1, -0.05) is 61.2 Å². The molecule has 124 valence electrons. The van der Waals surface area contributed by atoms with Gasteiger partial charge in [0, 0.05) is 16.3 Å². The Balaban J connectivity index is 1.61. The van der Waals surface area contributed by atoms with E-state index in [1.54, 1.807) is 16.2 Å². The normalized spacial score (nSPS) is 16.4. The fraction of sp³-hybridized carbons (Fsp3) is 0.263. The Morgan fingerprint density at radius 2 is 1.96 bits per heavy atom. The Morgan fingerprint density at radius 1 is 1.17 bits per heavy atom. The average molecular weight is 374 g/mol. The van der Waals surface area contributed by atoms with Gasteiger partial charge in [0.05, 0.1) is 4.91 Å². The molecule has 1 fully saturated rings. The molecule has 0 atom stereocenters. The van der Waals surface area contributed by atoms with E-state index >= 15 is 0 Å². The van der Waals surface area contributed by atoms with Gasteiger partial charge >= 0.3 is 0 Å². The van der Waals surface area contributed by atoms with Crippen LogP contribution in [0.2, 0.25) is 0 Å². The van der Waals surface area contributed by atoms with Crippen molar-refractivity contribution < 1.29 is 4.79 Å². The summed E-state index contributed by atoms with van der Waals surface area (Å²) in [6, 6.07) is 14.5. The van der Waals surface area contributed by atoms with Gasteiger partial charge in [-0.25, -0.2) is 0 Å². The number of aryl methyl sites for hydroxylation is 2. The second-order valence-electron chi connectivity index (χ2n) is 5.58. The van der Waals surface area contributed by atoms with Gasteiger partial charge in [-0.2, -0.15) is 0 Å². The molecule has 2 aromatic rings. The van der Waals surface area contributed by atoms with Crippen LogP contribution in [0.15, 0.2) is 47.4 Å². The van der Waals surface area contributed by atoms with Crippen LogP contribution in [-0.4, -0.2) is 21.7 Å². The largest absolute Gasteiger partial charge is 0.293 e. The van der Waals surface area contributed by atoms with Gasteiger partial charge in [0.2, 0.25) is 0 Å². The van der Waals surface area contributed by atoms with Crippen molar-refractivity contribution in [3.8, 4) is 0 Å². The maximum absolute atomic E-state index is 12.6. The number of thiophene rings is 1. The summed E-state index contributed by atoms with van der Waals surface area (Å²) in [6.45, 7) is 2.82. The number of hydrogen-bond acceptors (Lipinski definition) is 4. The topological polar surface area (TPSA) is 20.3 Å². The van der Waals surface area contributed by atoms with E-state index in [4.69, 9.17) is 12.2 Å². The smallest absolute Gasteiger partial charge is 0.266 e. The maximum Gasteiger partial charge on any atom is 0.266 e. The summed E-state index contributed by atoms with van der Waals surface area (Å²) >= 11 is 8.55. The van der Waals surface area contributed by atoms with E-state index in [0.717, 1.165) is 29.0 Å². The molecule has 1 aliphatic heterocycles. The van der Waals surface area contributed by atoms with Gasteiger partial charge in [0.25, 0.3) is 5.91 Å². The minimum Gasteiger partial charge on any atom is -0.293 e. The summed E-state index contributed by atoms with van der Waals surface area (Å²) in [5.74, 6) is 0.0458. The highest BCUT2D eigenvalue weighted by atomic mass is 32.2. The van der Waals surface area contributed by atoms with Gasteiger partial charge in [0.1, 0.15) is 4.32 Å². The fourth-order valence-electron chi connectivity index (χ4n) is 2.57. The van der Waals surface area contributed by atoms with Gasteiger partial charge < -0.3 is 0 Å². The average Bonchev–Trinajstić information content (AvgIpc) is 3.15. The zero-order valence-electron chi connectivity index (χ0n) is 13.5. The first kappa shape index (κ1) is 17.4. The molecule has 1 amide bonds. The first-order valence-corrected chi connectivity index (χ1v) is 10.1. The number of carbonyl (C=O) groups is 1. The number of rotatable bonds is 6. The molecule has 0 spiro atoms. The van der Waals surface area contributed by atoms with Crippen molar-refractivity contribution >= 4 is 51.6 Å². The molecule has 5 heteroatoms.